The van der Waals surface area contributed by atoms with Gasteiger partial charge in [-0.3, -0.25) is 14.6 Å². The molecule has 2 aromatic rings. The number of aliphatic imine (C=N–C) groups is 1. The van der Waals surface area contributed by atoms with E-state index in [2.05, 4.69) is 19.7 Å². The molecule has 0 saturated heterocycles. The maximum Gasteiger partial charge on any atom is 0.281 e. The van der Waals surface area contributed by atoms with Crippen molar-refractivity contribution in [1.29, 1.82) is 0 Å². The van der Waals surface area contributed by atoms with Crippen molar-refractivity contribution in [2.75, 3.05) is 35.8 Å². The zero-order valence-electron chi connectivity index (χ0n) is 21.1. The van der Waals surface area contributed by atoms with Crippen LogP contribution in [-0.4, -0.2) is 57.9 Å². The molecule has 0 aliphatic carbocycles. The van der Waals surface area contributed by atoms with Gasteiger partial charge in [-0.1, -0.05) is 18.2 Å². The molecular formula is C26H31N5O4S. The molecule has 9 nitrogen and oxygen atoms in total. The van der Waals surface area contributed by atoms with Crippen LogP contribution in [0.25, 0.3) is 0 Å². The minimum atomic E-state index is -3.25. The lowest BCUT2D eigenvalue weighted by Crippen LogP contribution is -2.34. The van der Waals surface area contributed by atoms with Gasteiger partial charge < -0.3 is 4.90 Å². The van der Waals surface area contributed by atoms with Gasteiger partial charge in [-0.05, 0) is 63.6 Å². The monoisotopic (exact) mass is 509 g/mol. The highest BCUT2D eigenvalue weighted by atomic mass is 32.2. The molecule has 1 aliphatic rings. The van der Waals surface area contributed by atoms with Gasteiger partial charge in [-0.15, -0.1) is 0 Å². The summed E-state index contributed by atoms with van der Waals surface area (Å²) in [6, 6.07) is 14.7. The van der Waals surface area contributed by atoms with Gasteiger partial charge in [0.25, 0.3) is 5.91 Å². The first-order valence-electron chi connectivity index (χ1n) is 11.6. The summed E-state index contributed by atoms with van der Waals surface area (Å²) < 4.78 is 25.2. The van der Waals surface area contributed by atoms with Gasteiger partial charge in [-0.2, -0.15) is 10.1 Å². The molecule has 1 heterocycles. The predicted octanol–water partition coefficient (Wildman–Crippen LogP) is 3.38. The molecule has 0 atom stereocenters. The molecule has 190 valence electrons. The summed E-state index contributed by atoms with van der Waals surface area (Å²) in [6.45, 7) is 8.52. The lowest BCUT2D eigenvalue weighted by atomic mass is 10.0. The molecule has 0 spiro atoms. The number of nitrogens with one attached hydrogen (secondary N) is 1. The fourth-order valence-electron chi connectivity index (χ4n) is 3.84. The Morgan fingerprint density at radius 2 is 1.86 bits per heavy atom. The van der Waals surface area contributed by atoms with E-state index >= 15 is 0 Å². The molecule has 0 bridgehead atoms. The van der Waals surface area contributed by atoms with Crippen LogP contribution in [0.3, 0.4) is 0 Å². The minimum absolute atomic E-state index is 0.199. The Morgan fingerprint density at radius 3 is 2.44 bits per heavy atom. The van der Waals surface area contributed by atoms with Gasteiger partial charge in [0.15, 0.2) is 5.78 Å². The third-order valence-electron chi connectivity index (χ3n) is 5.67. The fraction of sp³-hybridized carbons (Fsp3) is 0.308. The molecule has 0 aromatic heterocycles. The number of carbonyl (C=O) groups excluding carboxylic acids is 2. The highest BCUT2D eigenvalue weighted by molar-refractivity contribution is 7.88. The summed E-state index contributed by atoms with van der Waals surface area (Å²) in [5.74, 6) is -0.653. The highest BCUT2D eigenvalue weighted by Gasteiger charge is 2.32. The Morgan fingerprint density at radius 1 is 1.17 bits per heavy atom. The number of aryl methyl sites for hydroxylation is 1. The smallest absolute Gasteiger partial charge is 0.281 e. The Labute approximate surface area is 212 Å². The molecule has 3 rings (SSSR count). The molecule has 36 heavy (non-hydrogen) atoms. The average Bonchev–Trinajstić information content (AvgIpc) is 3.11. The number of hydrogen-bond donors (Lipinski definition) is 1. The van der Waals surface area contributed by atoms with Crippen LogP contribution in [0.15, 0.2) is 69.8 Å². The Hall–Kier alpha value is -3.63. The summed E-state index contributed by atoms with van der Waals surface area (Å²) in [4.78, 5) is 32.2. The first kappa shape index (κ1) is 27.0. The van der Waals surface area contributed by atoms with Crippen LogP contribution < -0.4 is 14.6 Å². The molecule has 0 radical (unpaired) electrons. The number of anilines is 2. The number of hydrazone groups is 1. The van der Waals surface area contributed by atoms with Crippen molar-refractivity contribution in [2.24, 2.45) is 10.1 Å². The van der Waals surface area contributed by atoms with Crippen molar-refractivity contribution < 1.29 is 18.0 Å². The summed E-state index contributed by atoms with van der Waals surface area (Å²) in [7, 11) is -3.25. The van der Waals surface area contributed by atoms with Gasteiger partial charge in [0, 0.05) is 31.5 Å². The van der Waals surface area contributed by atoms with Crippen LogP contribution in [0.1, 0.15) is 26.3 Å². The van der Waals surface area contributed by atoms with E-state index in [0.29, 0.717) is 36.7 Å². The second-order valence-corrected chi connectivity index (χ2v) is 10.3. The average molecular weight is 510 g/mol. The van der Waals surface area contributed by atoms with Crippen LogP contribution in [0.4, 0.5) is 17.1 Å². The number of amides is 1. The summed E-state index contributed by atoms with van der Waals surface area (Å²) in [6.07, 6.45) is 2.56. The third-order valence-corrected chi connectivity index (χ3v) is 6.40. The number of benzene rings is 2. The number of allylic oxidation sites excluding steroid dienone is 1. The molecule has 1 N–H and O–H groups in total. The van der Waals surface area contributed by atoms with Crippen molar-refractivity contribution in [1.82, 2.24) is 4.72 Å². The van der Waals surface area contributed by atoms with E-state index in [1.165, 1.54) is 18.1 Å². The van der Waals surface area contributed by atoms with E-state index in [1.54, 1.807) is 19.1 Å². The second-order valence-electron chi connectivity index (χ2n) is 8.46. The van der Waals surface area contributed by atoms with Crippen molar-refractivity contribution in [3.8, 4) is 0 Å². The maximum absolute atomic E-state index is 13.1. The summed E-state index contributed by atoms with van der Waals surface area (Å²) in [5, 5.41) is 5.65. The van der Waals surface area contributed by atoms with Gasteiger partial charge in [0.05, 0.1) is 34.5 Å². The standard InChI is InChI=1S/C26H31N5O4S/c1-6-30(15-14-28-36(5,34)35)22-12-13-24(18(2)16-22)27-17-23(20(4)32)25-19(3)29-31(26(25)33)21-10-8-7-9-11-21/h7-13,16-17,28H,6,14-15H2,1-5H3/b25-23+,27-17?. The van der Waals surface area contributed by atoms with E-state index in [9.17, 15) is 18.0 Å². The van der Waals surface area contributed by atoms with Crippen LogP contribution in [0, 0.1) is 6.92 Å². The van der Waals surface area contributed by atoms with Crippen molar-refractivity contribution in [2.45, 2.75) is 27.7 Å². The molecule has 0 fully saturated rings. The Balaban J connectivity index is 1.85. The Kier molecular flexibility index (Phi) is 8.54. The summed E-state index contributed by atoms with van der Waals surface area (Å²) in [5.41, 5.74) is 3.97. The highest BCUT2D eigenvalue weighted by Crippen LogP contribution is 2.27. The first-order chi connectivity index (χ1) is 17.0. The van der Waals surface area contributed by atoms with Crippen LogP contribution in [-0.2, 0) is 19.6 Å². The van der Waals surface area contributed by atoms with Crippen molar-refractivity contribution >= 4 is 50.7 Å². The van der Waals surface area contributed by atoms with Gasteiger partial charge in [0.1, 0.15) is 0 Å². The van der Waals surface area contributed by atoms with E-state index in [-0.39, 0.29) is 22.8 Å². The maximum atomic E-state index is 13.1. The molecule has 1 amide bonds. The third kappa shape index (κ3) is 6.52. The van der Waals surface area contributed by atoms with Gasteiger partial charge in [0.2, 0.25) is 10.0 Å². The number of rotatable bonds is 10. The van der Waals surface area contributed by atoms with Crippen LogP contribution in [0.2, 0.25) is 0 Å². The number of ketones is 1. The molecule has 1 aliphatic heterocycles. The zero-order valence-corrected chi connectivity index (χ0v) is 22.0. The van der Waals surface area contributed by atoms with Crippen molar-refractivity contribution in [3.05, 3.63) is 65.2 Å². The van der Waals surface area contributed by atoms with E-state index in [1.807, 2.05) is 50.2 Å². The number of para-hydroxylation sites is 1. The lowest BCUT2D eigenvalue weighted by Gasteiger charge is -2.23. The summed E-state index contributed by atoms with van der Waals surface area (Å²) >= 11 is 0. The fourth-order valence-corrected chi connectivity index (χ4v) is 4.30. The van der Waals surface area contributed by atoms with Gasteiger partial charge in [-0.25, -0.2) is 13.1 Å². The molecule has 0 saturated carbocycles. The van der Waals surface area contributed by atoms with Crippen LogP contribution >= 0.6 is 0 Å². The van der Waals surface area contributed by atoms with Crippen LogP contribution in [0.5, 0.6) is 0 Å². The quantitative estimate of drug-likeness (QED) is 0.390. The zero-order chi connectivity index (χ0) is 26.5. The van der Waals surface area contributed by atoms with E-state index in [0.717, 1.165) is 17.5 Å². The minimum Gasteiger partial charge on any atom is -0.370 e. The van der Waals surface area contributed by atoms with Gasteiger partial charge >= 0.3 is 0 Å². The molecule has 2 aromatic carbocycles. The largest absolute Gasteiger partial charge is 0.370 e. The topological polar surface area (TPSA) is 112 Å². The van der Waals surface area contributed by atoms with E-state index < -0.39 is 10.0 Å². The number of likely N-dealkylation sites (N-methyl/N-ethyl adjacent to an activating group) is 1. The number of Topliss-reactive ketones (excluding diaryl/α,β-unsaturated/α-hetero) is 1. The lowest BCUT2D eigenvalue weighted by molar-refractivity contribution is -0.116. The molecule has 10 heteroatoms. The predicted molar refractivity (Wildman–Crippen MR) is 145 cm³/mol. The number of sulfonamides is 1. The first-order valence-corrected chi connectivity index (χ1v) is 13.5. The van der Waals surface area contributed by atoms with Crippen molar-refractivity contribution in [3.63, 3.8) is 0 Å². The second kappa shape index (κ2) is 11.4. The number of hydrogen-bond acceptors (Lipinski definition) is 7. The van der Waals surface area contributed by atoms with E-state index in [4.69, 9.17) is 0 Å². The number of carbonyl (C=O) groups is 2. The molecule has 0 unspecified atom stereocenters. The SMILES string of the molecule is CCN(CCNS(C)(=O)=O)c1ccc(N=C/C(C(C)=O)=C2\C(=O)N(c3ccccc3)N=C2C)c(C)c1. The Bertz CT molecular complexity index is 1350. The number of nitrogens with zero attached hydrogens (tertiary/aromatic N) is 4. The normalized spacial score (nSPS) is 15.4. The molecular weight excluding hydrogens is 478 g/mol.